The molecule has 2 aliphatic rings. The van der Waals surface area contributed by atoms with Gasteiger partial charge in [0, 0.05) is 26.9 Å². The summed E-state index contributed by atoms with van der Waals surface area (Å²) in [6.07, 6.45) is 0. The van der Waals surface area contributed by atoms with E-state index in [9.17, 15) is 19.5 Å². The number of carbonyl (C=O) groups is 3. The average Bonchev–Trinajstić information content (AvgIpc) is 3.02. The molecule has 1 aromatic carbocycles. The van der Waals surface area contributed by atoms with E-state index in [0.717, 1.165) is 10.1 Å². The number of aliphatic carboxylic acids is 1. The van der Waals surface area contributed by atoms with Crippen LogP contribution < -0.4 is 11.1 Å². The fourth-order valence-electron chi connectivity index (χ4n) is 3.22. The van der Waals surface area contributed by atoms with Crippen LogP contribution in [0.25, 0.3) is 10.1 Å². The van der Waals surface area contributed by atoms with Gasteiger partial charge >= 0.3 is 5.97 Å². The Morgan fingerprint density at radius 2 is 2.15 bits per heavy atom. The maximum absolute atomic E-state index is 12.7. The summed E-state index contributed by atoms with van der Waals surface area (Å²) in [5.74, 6) is -1.36. The minimum atomic E-state index is -1.12. The van der Waals surface area contributed by atoms with Crippen LogP contribution in [0.4, 0.5) is 5.69 Å². The van der Waals surface area contributed by atoms with Crippen LogP contribution in [-0.4, -0.2) is 45.0 Å². The number of carbonyl (C=O) groups excluding carboxylic acids is 2. The van der Waals surface area contributed by atoms with Crippen molar-refractivity contribution in [3.63, 3.8) is 0 Å². The van der Waals surface area contributed by atoms with Crippen molar-refractivity contribution in [3.8, 4) is 0 Å². The molecule has 3 heterocycles. The Hall–Kier alpha value is -2.52. The van der Waals surface area contributed by atoms with E-state index in [1.807, 2.05) is 6.07 Å². The number of β-lactam (4-membered cyclic amide) rings is 1. The Labute approximate surface area is 156 Å². The largest absolute Gasteiger partial charge is 0.477 e. The number of nitrogens with two attached hydrogens (primary N) is 1. The number of thioether (sulfide) groups is 1. The number of benzene rings is 1. The van der Waals surface area contributed by atoms with Gasteiger partial charge in [0.15, 0.2) is 0 Å². The second kappa shape index (κ2) is 6.03. The van der Waals surface area contributed by atoms with E-state index < -0.39 is 23.3 Å². The molecule has 0 spiro atoms. The highest BCUT2D eigenvalue weighted by atomic mass is 32.2. The van der Waals surface area contributed by atoms with Crippen molar-refractivity contribution in [3.05, 3.63) is 40.4 Å². The fraction of sp³-hybridized carbons (Fsp3) is 0.235. The van der Waals surface area contributed by atoms with E-state index in [1.54, 1.807) is 24.4 Å². The molecule has 2 aliphatic heterocycles. The molecule has 0 aliphatic carbocycles. The Kier molecular flexibility index (Phi) is 3.92. The lowest BCUT2D eigenvalue weighted by molar-refractivity contribution is -0.148. The normalized spacial score (nSPS) is 22.2. The third-order valence-electron chi connectivity index (χ3n) is 4.49. The highest BCUT2D eigenvalue weighted by molar-refractivity contribution is 8.00. The van der Waals surface area contributed by atoms with E-state index in [-0.39, 0.29) is 11.6 Å². The molecule has 2 atom stereocenters. The van der Waals surface area contributed by atoms with Crippen LogP contribution in [0.1, 0.15) is 17.3 Å². The minimum absolute atomic E-state index is 0.0259. The van der Waals surface area contributed by atoms with Crippen molar-refractivity contribution in [2.45, 2.75) is 18.3 Å². The first-order valence-corrected chi connectivity index (χ1v) is 9.76. The van der Waals surface area contributed by atoms with Gasteiger partial charge in [-0.3, -0.25) is 14.5 Å². The van der Waals surface area contributed by atoms with Crippen LogP contribution in [0.3, 0.4) is 0 Å². The maximum atomic E-state index is 12.7. The molecule has 7 nitrogen and oxygen atoms in total. The lowest BCUT2D eigenvalue weighted by Gasteiger charge is -2.49. The topological polar surface area (TPSA) is 113 Å². The lowest BCUT2D eigenvalue weighted by atomic mass is 10.0. The summed E-state index contributed by atoms with van der Waals surface area (Å²) < 4.78 is 0.935. The Morgan fingerprint density at radius 1 is 1.38 bits per heavy atom. The predicted molar refractivity (Wildman–Crippen MR) is 101 cm³/mol. The number of nitrogen functional groups attached to an aromatic ring is 1. The van der Waals surface area contributed by atoms with E-state index in [0.29, 0.717) is 22.6 Å². The number of anilines is 1. The van der Waals surface area contributed by atoms with Crippen molar-refractivity contribution in [2.75, 3.05) is 11.5 Å². The molecule has 2 aromatic rings. The van der Waals surface area contributed by atoms with Crippen molar-refractivity contribution in [1.82, 2.24) is 10.2 Å². The number of carboxylic acids is 1. The standard InChI is InChI=1S/C17H15N3O4S2/c1-7-5-26-16-12(15(22)20(16)13(7)17(23)24)19-14(21)10-6-25-11-3-2-8(18)4-9(10)11/h2-4,6,12,16H,5,18H2,1H3,(H,19,21)(H,23,24). The molecular formula is C17H15N3O4S2. The van der Waals surface area contributed by atoms with Gasteiger partial charge in [-0.1, -0.05) is 0 Å². The smallest absolute Gasteiger partial charge is 0.352 e. The fourth-order valence-corrected chi connectivity index (χ4v) is 5.43. The molecule has 1 saturated heterocycles. The molecule has 4 rings (SSSR count). The van der Waals surface area contributed by atoms with Crippen molar-refractivity contribution < 1.29 is 19.5 Å². The highest BCUT2D eigenvalue weighted by Gasteiger charge is 2.53. The zero-order chi connectivity index (χ0) is 18.6. The molecule has 0 saturated carbocycles. The van der Waals surface area contributed by atoms with Crippen LogP contribution in [-0.2, 0) is 9.59 Å². The van der Waals surface area contributed by atoms with E-state index >= 15 is 0 Å². The zero-order valence-electron chi connectivity index (χ0n) is 13.7. The maximum Gasteiger partial charge on any atom is 0.352 e. The number of fused-ring (bicyclic) bond motifs is 2. The first-order valence-electron chi connectivity index (χ1n) is 7.84. The summed E-state index contributed by atoms with van der Waals surface area (Å²) in [5.41, 5.74) is 7.51. The number of hydrogen-bond donors (Lipinski definition) is 3. The molecular weight excluding hydrogens is 374 g/mol. The van der Waals surface area contributed by atoms with Crippen LogP contribution >= 0.6 is 23.1 Å². The van der Waals surface area contributed by atoms with Gasteiger partial charge < -0.3 is 16.2 Å². The van der Waals surface area contributed by atoms with Crippen LogP contribution in [0.2, 0.25) is 0 Å². The number of rotatable bonds is 3. The van der Waals surface area contributed by atoms with Crippen LogP contribution in [0.15, 0.2) is 34.8 Å². The molecule has 4 N–H and O–H groups in total. The molecule has 1 aromatic heterocycles. The molecule has 2 unspecified atom stereocenters. The molecule has 9 heteroatoms. The Balaban J connectivity index is 1.57. The molecule has 1 fully saturated rings. The second-order valence-corrected chi connectivity index (χ2v) is 8.22. The summed E-state index contributed by atoms with van der Waals surface area (Å²) in [6, 6.07) is 4.63. The monoisotopic (exact) mass is 389 g/mol. The van der Waals surface area contributed by atoms with Gasteiger partial charge in [-0.2, -0.15) is 0 Å². The first kappa shape index (κ1) is 16.9. The van der Waals surface area contributed by atoms with E-state index in [4.69, 9.17) is 5.73 Å². The number of amides is 2. The van der Waals surface area contributed by atoms with Gasteiger partial charge in [0.25, 0.3) is 11.8 Å². The predicted octanol–water partition coefficient (Wildman–Crippen LogP) is 1.86. The van der Waals surface area contributed by atoms with Gasteiger partial charge in [-0.25, -0.2) is 4.79 Å². The third-order valence-corrected chi connectivity index (χ3v) is 6.88. The number of nitrogens with zero attached hydrogens (tertiary/aromatic N) is 1. The van der Waals surface area contributed by atoms with Crippen molar-refractivity contribution >= 4 is 56.7 Å². The van der Waals surface area contributed by atoms with Gasteiger partial charge in [0.05, 0.1) is 5.56 Å². The van der Waals surface area contributed by atoms with Crippen molar-refractivity contribution in [2.24, 2.45) is 0 Å². The molecule has 0 bridgehead atoms. The number of carboxylic acid groups (broad SMARTS) is 1. The van der Waals surface area contributed by atoms with Crippen LogP contribution in [0.5, 0.6) is 0 Å². The highest BCUT2D eigenvalue weighted by Crippen LogP contribution is 2.40. The third kappa shape index (κ3) is 2.46. The zero-order valence-corrected chi connectivity index (χ0v) is 15.3. The summed E-state index contributed by atoms with van der Waals surface area (Å²) >= 11 is 2.88. The van der Waals surface area contributed by atoms with Gasteiger partial charge in [-0.15, -0.1) is 23.1 Å². The lowest BCUT2D eigenvalue weighted by Crippen LogP contribution is -2.70. The number of thiophene rings is 1. The van der Waals surface area contributed by atoms with Gasteiger partial charge in [-0.05, 0) is 30.7 Å². The quantitative estimate of drug-likeness (QED) is 0.546. The van der Waals surface area contributed by atoms with Crippen LogP contribution in [0, 0.1) is 0 Å². The number of hydrogen-bond acceptors (Lipinski definition) is 6. The molecule has 26 heavy (non-hydrogen) atoms. The van der Waals surface area contributed by atoms with Crippen molar-refractivity contribution in [1.29, 1.82) is 0 Å². The average molecular weight is 389 g/mol. The van der Waals surface area contributed by atoms with Gasteiger partial charge in [0.2, 0.25) is 0 Å². The minimum Gasteiger partial charge on any atom is -0.477 e. The van der Waals surface area contributed by atoms with Gasteiger partial charge in [0.1, 0.15) is 17.1 Å². The number of nitrogens with one attached hydrogen (secondary N) is 1. The molecule has 134 valence electrons. The summed E-state index contributed by atoms with van der Waals surface area (Å²) in [4.78, 5) is 37.8. The Morgan fingerprint density at radius 3 is 2.88 bits per heavy atom. The summed E-state index contributed by atoms with van der Waals surface area (Å²) in [6.45, 7) is 1.70. The Bertz CT molecular complexity index is 997. The SMILES string of the molecule is CC1=C(C(=O)O)N2C(=O)C(NC(=O)c3csc4ccc(N)cc34)C2SC1. The summed E-state index contributed by atoms with van der Waals surface area (Å²) in [7, 11) is 0. The van der Waals surface area contributed by atoms with E-state index in [1.165, 1.54) is 28.0 Å². The van der Waals surface area contributed by atoms with E-state index in [2.05, 4.69) is 5.32 Å². The summed E-state index contributed by atoms with van der Waals surface area (Å²) in [5, 5.41) is 14.2. The first-order chi connectivity index (χ1) is 12.4. The molecule has 2 amide bonds. The molecule has 0 radical (unpaired) electrons. The second-order valence-electron chi connectivity index (χ2n) is 6.20.